The summed E-state index contributed by atoms with van der Waals surface area (Å²) < 4.78 is 0. The molecule has 0 rings (SSSR count). The lowest BCUT2D eigenvalue weighted by atomic mass is 10.1. The van der Waals surface area contributed by atoms with Gasteiger partial charge >= 0.3 is 11.9 Å². The van der Waals surface area contributed by atoms with Crippen LogP contribution in [0.15, 0.2) is 0 Å². The van der Waals surface area contributed by atoms with Crippen molar-refractivity contribution >= 4 is 27.9 Å². The van der Waals surface area contributed by atoms with E-state index in [1.807, 2.05) is 0 Å². The van der Waals surface area contributed by atoms with Crippen LogP contribution in [0.5, 0.6) is 0 Å². The van der Waals surface area contributed by atoms with E-state index in [0.717, 1.165) is 0 Å². The lowest BCUT2D eigenvalue weighted by Gasteiger charge is -2.07. The molecular formula is C5H7BrO4. The minimum Gasteiger partial charge on any atom is -0.481 e. The molecule has 5 heteroatoms. The maximum Gasteiger partial charge on any atom is 0.318 e. The molecule has 0 aromatic heterocycles. The molecule has 0 aromatic carbocycles. The predicted octanol–water partition coefficient (Wildman–Crippen LogP) is 0.555. The number of carboxylic acids is 2. The zero-order valence-corrected chi connectivity index (χ0v) is 6.83. The van der Waals surface area contributed by atoms with E-state index in [1.54, 1.807) is 0 Å². The van der Waals surface area contributed by atoms with Gasteiger partial charge in [0.2, 0.25) is 0 Å². The molecule has 4 nitrogen and oxygen atoms in total. The lowest BCUT2D eigenvalue weighted by Crippen LogP contribution is -2.27. The molecule has 0 aliphatic heterocycles. The second-order valence-corrected chi connectivity index (χ2v) is 2.85. The first-order valence-corrected chi connectivity index (χ1v) is 3.48. The van der Waals surface area contributed by atoms with E-state index < -0.39 is 22.7 Å². The van der Waals surface area contributed by atoms with Gasteiger partial charge in [0.15, 0.2) is 0 Å². The van der Waals surface area contributed by atoms with Gasteiger partial charge in [-0.05, 0) is 0 Å². The van der Waals surface area contributed by atoms with Gasteiger partial charge < -0.3 is 10.2 Å². The number of hydrogen-bond donors (Lipinski definition) is 2. The van der Waals surface area contributed by atoms with Crippen LogP contribution in [0.1, 0.15) is 6.92 Å². The van der Waals surface area contributed by atoms with E-state index in [2.05, 4.69) is 15.9 Å². The van der Waals surface area contributed by atoms with Crippen LogP contribution in [0.25, 0.3) is 0 Å². The summed E-state index contributed by atoms with van der Waals surface area (Å²) in [7, 11) is 0. The Morgan fingerprint density at radius 1 is 1.30 bits per heavy atom. The summed E-state index contributed by atoms with van der Waals surface area (Å²) in [6.45, 7) is 1.33. The SMILES string of the molecule is C[C@@H](C(=O)O)[C@H](Br)C(=O)O. The van der Waals surface area contributed by atoms with Crippen LogP contribution in [0.3, 0.4) is 0 Å². The molecule has 2 N–H and O–H groups in total. The Kier molecular flexibility index (Phi) is 3.35. The third kappa shape index (κ3) is 2.34. The second kappa shape index (κ2) is 3.55. The van der Waals surface area contributed by atoms with Crippen molar-refractivity contribution in [2.45, 2.75) is 11.8 Å². The molecule has 58 valence electrons. The fraction of sp³-hybridized carbons (Fsp3) is 0.600. The Morgan fingerprint density at radius 3 is 1.80 bits per heavy atom. The summed E-state index contributed by atoms with van der Waals surface area (Å²) in [6, 6.07) is 0. The van der Waals surface area contributed by atoms with E-state index in [4.69, 9.17) is 10.2 Å². The maximum atomic E-state index is 10.2. The zero-order valence-electron chi connectivity index (χ0n) is 5.24. The first-order chi connectivity index (χ1) is 4.46. The number of rotatable bonds is 3. The van der Waals surface area contributed by atoms with Crippen LogP contribution in [0.4, 0.5) is 0 Å². The number of hydrogen-bond acceptors (Lipinski definition) is 2. The minimum atomic E-state index is -1.16. The smallest absolute Gasteiger partial charge is 0.318 e. The van der Waals surface area contributed by atoms with Crippen molar-refractivity contribution in [1.29, 1.82) is 0 Å². The monoisotopic (exact) mass is 210 g/mol. The number of carboxylic acid groups (broad SMARTS) is 2. The highest BCUT2D eigenvalue weighted by molar-refractivity contribution is 9.10. The van der Waals surface area contributed by atoms with Gasteiger partial charge in [-0.2, -0.15) is 0 Å². The van der Waals surface area contributed by atoms with E-state index in [1.165, 1.54) is 6.92 Å². The van der Waals surface area contributed by atoms with Gasteiger partial charge in [-0.3, -0.25) is 9.59 Å². The third-order valence-electron chi connectivity index (χ3n) is 1.06. The number of aliphatic carboxylic acids is 2. The fourth-order valence-corrected chi connectivity index (χ4v) is 0.565. The maximum absolute atomic E-state index is 10.2. The molecule has 0 unspecified atom stereocenters. The summed E-state index contributed by atoms with van der Waals surface area (Å²) in [5, 5.41) is 16.6. The molecule has 0 fully saturated rings. The standard InChI is InChI=1S/C5H7BrO4/c1-2(4(7)8)3(6)5(9)10/h2-3H,1H3,(H,7,8)(H,9,10)/t2-,3+/m1/s1. The van der Waals surface area contributed by atoms with Gasteiger partial charge in [-0.15, -0.1) is 0 Å². The van der Waals surface area contributed by atoms with E-state index in [9.17, 15) is 9.59 Å². The van der Waals surface area contributed by atoms with Crippen molar-refractivity contribution in [2.24, 2.45) is 5.92 Å². The lowest BCUT2D eigenvalue weighted by molar-refractivity contribution is -0.146. The van der Waals surface area contributed by atoms with E-state index in [-0.39, 0.29) is 0 Å². The summed E-state index contributed by atoms with van der Waals surface area (Å²) in [4.78, 5) is 19.3. The molecule has 0 amide bonds. The molecule has 0 aliphatic rings. The van der Waals surface area contributed by atoms with Crippen LogP contribution in [-0.4, -0.2) is 27.0 Å². The molecule has 0 aromatic rings. The highest BCUT2D eigenvalue weighted by Crippen LogP contribution is 2.12. The van der Waals surface area contributed by atoms with Crippen LogP contribution >= 0.6 is 15.9 Å². The minimum absolute atomic E-state index is 0.905. The van der Waals surface area contributed by atoms with Crippen molar-refractivity contribution < 1.29 is 19.8 Å². The molecule has 0 radical (unpaired) electrons. The van der Waals surface area contributed by atoms with Gasteiger partial charge in [0.25, 0.3) is 0 Å². The Hall–Kier alpha value is -0.580. The Morgan fingerprint density at radius 2 is 1.70 bits per heavy atom. The zero-order chi connectivity index (χ0) is 8.31. The molecule has 0 aliphatic carbocycles. The van der Waals surface area contributed by atoms with Crippen molar-refractivity contribution in [3.63, 3.8) is 0 Å². The van der Waals surface area contributed by atoms with Crippen molar-refractivity contribution in [3.8, 4) is 0 Å². The van der Waals surface area contributed by atoms with Crippen LogP contribution in [-0.2, 0) is 9.59 Å². The van der Waals surface area contributed by atoms with Crippen molar-refractivity contribution in [2.75, 3.05) is 0 Å². The van der Waals surface area contributed by atoms with Crippen LogP contribution < -0.4 is 0 Å². The molecular weight excluding hydrogens is 204 g/mol. The van der Waals surface area contributed by atoms with Gasteiger partial charge in [0, 0.05) is 0 Å². The Labute approximate surface area is 66.0 Å². The summed E-state index contributed by atoms with van der Waals surface area (Å²) in [5.41, 5.74) is 0. The van der Waals surface area contributed by atoms with E-state index in [0.29, 0.717) is 0 Å². The molecule has 0 bridgehead atoms. The fourth-order valence-electron chi connectivity index (χ4n) is 0.339. The van der Waals surface area contributed by atoms with Gasteiger partial charge in [0.1, 0.15) is 4.83 Å². The van der Waals surface area contributed by atoms with Gasteiger partial charge in [-0.1, -0.05) is 22.9 Å². The Bertz CT molecular complexity index is 138. The van der Waals surface area contributed by atoms with Crippen LogP contribution in [0.2, 0.25) is 0 Å². The van der Waals surface area contributed by atoms with Gasteiger partial charge in [0.05, 0.1) is 5.92 Å². The predicted molar refractivity (Wildman–Crippen MR) is 37.2 cm³/mol. The summed E-state index contributed by atoms with van der Waals surface area (Å²) in [5.74, 6) is -3.18. The molecule has 0 heterocycles. The highest BCUT2D eigenvalue weighted by Gasteiger charge is 2.26. The van der Waals surface area contributed by atoms with E-state index >= 15 is 0 Å². The largest absolute Gasteiger partial charge is 0.481 e. The molecule has 2 atom stereocenters. The number of carbonyl (C=O) groups is 2. The van der Waals surface area contributed by atoms with Crippen LogP contribution in [0, 0.1) is 5.92 Å². The van der Waals surface area contributed by atoms with Crippen molar-refractivity contribution in [1.82, 2.24) is 0 Å². The second-order valence-electron chi connectivity index (χ2n) is 1.87. The average molecular weight is 211 g/mol. The molecule has 0 saturated heterocycles. The van der Waals surface area contributed by atoms with Crippen molar-refractivity contribution in [3.05, 3.63) is 0 Å². The molecule has 0 saturated carbocycles. The summed E-state index contributed by atoms with van der Waals surface area (Å²) >= 11 is 2.73. The molecule has 10 heavy (non-hydrogen) atoms. The third-order valence-corrected chi connectivity index (χ3v) is 2.25. The number of alkyl halides is 1. The average Bonchev–Trinajstić information content (AvgIpc) is 1.84. The normalized spacial score (nSPS) is 15.8. The topological polar surface area (TPSA) is 74.6 Å². The number of halogens is 1. The molecule has 0 spiro atoms. The van der Waals surface area contributed by atoms with Gasteiger partial charge in [-0.25, -0.2) is 0 Å². The first kappa shape index (κ1) is 9.42. The highest BCUT2D eigenvalue weighted by atomic mass is 79.9. The quantitative estimate of drug-likeness (QED) is 0.668. The first-order valence-electron chi connectivity index (χ1n) is 2.56. The Balaban J connectivity index is 4.07. The summed E-state index contributed by atoms with van der Waals surface area (Å²) in [6.07, 6.45) is 0.